The first-order valence-electron chi connectivity index (χ1n) is 8.33. The molecular weight excluding hydrogens is 304 g/mol. The molecule has 0 aromatic heterocycles. The summed E-state index contributed by atoms with van der Waals surface area (Å²) < 4.78 is 5.56. The van der Waals surface area contributed by atoms with E-state index in [1.807, 2.05) is 42.2 Å². The van der Waals surface area contributed by atoms with Crippen LogP contribution in [0.15, 0.2) is 42.5 Å². The summed E-state index contributed by atoms with van der Waals surface area (Å²) in [6.45, 7) is 2.47. The summed E-state index contributed by atoms with van der Waals surface area (Å²) in [5.41, 5.74) is 2.14. The van der Waals surface area contributed by atoms with Gasteiger partial charge in [0, 0.05) is 17.3 Å². The molecule has 1 atom stereocenters. The molecule has 0 bridgehead atoms. The van der Waals surface area contributed by atoms with Gasteiger partial charge in [0.15, 0.2) is 0 Å². The van der Waals surface area contributed by atoms with Crippen molar-refractivity contribution in [2.75, 3.05) is 11.9 Å². The largest absolute Gasteiger partial charge is 0.508 e. The number of phenolic OH excluding ortho intramolecular Hbond substituents is 1. The number of nitrogens with zero attached hydrogens (tertiary/aromatic N) is 1. The Bertz CT molecular complexity index is 786. The molecule has 1 saturated carbocycles. The second-order valence-electron chi connectivity index (χ2n) is 6.19. The third-order valence-corrected chi connectivity index (χ3v) is 4.51. The summed E-state index contributed by atoms with van der Waals surface area (Å²) in [7, 11) is 0. The van der Waals surface area contributed by atoms with E-state index in [0.717, 1.165) is 18.5 Å². The number of phenols is 1. The number of fused-ring (bicyclic) bond motifs is 1. The molecule has 5 heteroatoms. The number of carbonyl (C=O) groups is 1. The number of hydrogen-bond acceptors (Lipinski definition) is 4. The van der Waals surface area contributed by atoms with Gasteiger partial charge in [-0.3, -0.25) is 4.79 Å². The number of ether oxygens (including phenoxy) is 1. The first kappa shape index (κ1) is 14.9. The van der Waals surface area contributed by atoms with Gasteiger partial charge in [0.25, 0.3) is 5.91 Å². The zero-order valence-electron chi connectivity index (χ0n) is 13.5. The molecule has 0 unspecified atom stereocenters. The third kappa shape index (κ3) is 2.46. The molecule has 4 rings (SSSR count). The van der Waals surface area contributed by atoms with E-state index in [4.69, 9.17) is 4.74 Å². The number of benzene rings is 2. The Balaban J connectivity index is 1.79. The topological polar surface area (TPSA) is 61.8 Å². The maximum Gasteiger partial charge on any atom is 0.258 e. The summed E-state index contributed by atoms with van der Waals surface area (Å²) in [6.07, 6.45) is 1.61. The van der Waals surface area contributed by atoms with Crippen LogP contribution in [0.4, 0.5) is 5.69 Å². The van der Waals surface area contributed by atoms with Crippen molar-refractivity contribution in [3.63, 3.8) is 0 Å². The summed E-state index contributed by atoms with van der Waals surface area (Å²) >= 11 is 0. The first-order chi connectivity index (χ1) is 11.7. The van der Waals surface area contributed by atoms with Crippen LogP contribution in [0, 0.1) is 0 Å². The molecular formula is C19H20N2O3. The lowest BCUT2D eigenvalue weighted by atomic mass is 10.0. The molecule has 0 radical (unpaired) electrons. The molecule has 5 nitrogen and oxygen atoms in total. The van der Waals surface area contributed by atoms with Gasteiger partial charge < -0.3 is 20.1 Å². The quantitative estimate of drug-likeness (QED) is 0.903. The second-order valence-corrected chi connectivity index (χ2v) is 6.19. The number of hydrogen-bond donors (Lipinski definition) is 2. The Morgan fingerprint density at radius 2 is 2.04 bits per heavy atom. The van der Waals surface area contributed by atoms with E-state index >= 15 is 0 Å². The van der Waals surface area contributed by atoms with Gasteiger partial charge in [-0.2, -0.15) is 0 Å². The van der Waals surface area contributed by atoms with Crippen molar-refractivity contribution in [3.8, 4) is 11.5 Å². The van der Waals surface area contributed by atoms with Crippen molar-refractivity contribution in [1.29, 1.82) is 0 Å². The Morgan fingerprint density at radius 3 is 2.79 bits per heavy atom. The van der Waals surface area contributed by atoms with E-state index in [0.29, 0.717) is 23.5 Å². The highest BCUT2D eigenvalue weighted by Crippen LogP contribution is 2.43. The lowest BCUT2D eigenvalue weighted by molar-refractivity contribution is 0.0664. The van der Waals surface area contributed by atoms with E-state index in [1.165, 1.54) is 0 Å². The number of para-hydroxylation sites is 1. The van der Waals surface area contributed by atoms with Crippen LogP contribution in [0.3, 0.4) is 0 Å². The Kier molecular flexibility index (Phi) is 3.56. The monoisotopic (exact) mass is 324 g/mol. The zero-order valence-corrected chi connectivity index (χ0v) is 13.5. The normalized spacial score (nSPS) is 19.6. The van der Waals surface area contributed by atoms with Crippen molar-refractivity contribution in [2.45, 2.75) is 32.0 Å². The van der Waals surface area contributed by atoms with Crippen LogP contribution in [0.2, 0.25) is 0 Å². The maximum absolute atomic E-state index is 13.0. The van der Waals surface area contributed by atoms with Crippen LogP contribution in [0.1, 0.15) is 41.9 Å². The summed E-state index contributed by atoms with van der Waals surface area (Å²) in [4.78, 5) is 14.8. The van der Waals surface area contributed by atoms with Crippen LogP contribution < -0.4 is 10.1 Å². The number of anilines is 1. The summed E-state index contributed by atoms with van der Waals surface area (Å²) in [6, 6.07) is 12.9. The van der Waals surface area contributed by atoms with E-state index < -0.39 is 0 Å². The fourth-order valence-electron chi connectivity index (χ4n) is 3.23. The standard InChI is InChI=1S/C19H20N2O3/c1-2-24-13-9-10-17(22)15(11-13)18-20-16-6-4-3-5-14(16)19(23)21(18)12-7-8-12/h3-6,9-12,18,20,22H,2,7-8H2,1H3/t18-/m1/s1. The lowest BCUT2D eigenvalue weighted by Crippen LogP contribution is -2.44. The van der Waals surface area contributed by atoms with Gasteiger partial charge in [0.1, 0.15) is 17.7 Å². The summed E-state index contributed by atoms with van der Waals surface area (Å²) in [5, 5.41) is 13.8. The van der Waals surface area contributed by atoms with E-state index in [9.17, 15) is 9.90 Å². The number of amides is 1. The molecule has 0 spiro atoms. The molecule has 2 aromatic carbocycles. The molecule has 2 aliphatic rings. The molecule has 1 heterocycles. The predicted molar refractivity (Wildman–Crippen MR) is 91.3 cm³/mol. The molecule has 1 amide bonds. The average molecular weight is 324 g/mol. The number of nitrogens with one attached hydrogen (secondary N) is 1. The molecule has 124 valence electrons. The van der Waals surface area contributed by atoms with Gasteiger partial charge in [-0.25, -0.2) is 0 Å². The maximum atomic E-state index is 13.0. The van der Waals surface area contributed by atoms with E-state index in [-0.39, 0.29) is 23.9 Å². The number of carbonyl (C=O) groups excluding carboxylic acids is 1. The molecule has 0 saturated heterocycles. The molecule has 1 aliphatic carbocycles. The lowest BCUT2D eigenvalue weighted by Gasteiger charge is -2.38. The first-order valence-corrected chi connectivity index (χ1v) is 8.33. The van der Waals surface area contributed by atoms with Gasteiger partial charge in [-0.15, -0.1) is 0 Å². The van der Waals surface area contributed by atoms with Crippen LogP contribution >= 0.6 is 0 Å². The highest BCUT2D eigenvalue weighted by atomic mass is 16.5. The third-order valence-electron chi connectivity index (χ3n) is 4.51. The second kappa shape index (κ2) is 5.74. The van der Waals surface area contributed by atoms with Crippen LogP contribution in [-0.2, 0) is 0 Å². The van der Waals surface area contributed by atoms with Crippen molar-refractivity contribution in [1.82, 2.24) is 4.90 Å². The Labute approximate surface area is 140 Å². The van der Waals surface area contributed by atoms with Crippen LogP contribution in [0.5, 0.6) is 11.5 Å². The minimum atomic E-state index is -0.389. The molecule has 2 N–H and O–H groups in total. The van der Waals surface area contributed by atoms with Crippen molar-refractivity contribution in [3.05, 3.63) is 53.6 Å². The SMILES string of the molecule is CCOc1ccc(O)c([C@@H]2Nc3ccccc3C(=O)N2C2CC2)c1. The van der Waals surface area contributed by atoms with E-state index in [2.05, 4.69) is 5.32 Å². The van der Waals surface area contributed by atoms with Gasteiger partial charge >= 0.3 is 0 Å². The van der Waals surface area contributed by atoms with E-state index in [1.54, 1.807) is 12.1 Å². The Morgan fingerprint density at radius 1 is 1.25 bits per heavy atom. The van der Waals surface area contributed by atoms with Gasteiger partial charge in [-0.05, 0) is 50.1 Å². The molecule has 2 aromatic rings. The zero-order chi connectivity index (χ0) is 16.7. The minimum Gasteiger partial charge on any atom is -0.508 e. The number of rotatable bonds is 4. The highest BCUT2D eigenvalue weighted by Gasteiger charge is 2.42. The van der Waals surface area contributed by atoms with Crippen LogP contribution in [-0.4, -0.2) is 28.6 Å². The molecule has 24 heavy (non-hydrogen) atoms. The summed E-state index contributed by atoms with van der Waals surface area (Å²) in [5.74, 6) is 0.862. The predicted octanol–water partition coefficient (Wildman–Crippen LogP) is 3.52. The van der Waals surface area contributed by atoms with Crippen molar-refractivity contribution >= 4 is 11.6 Å². The molecule has 1 aliphatic heterocycles. The van der Waals surface area contributed by atoms with Crippen molar-refractivity contribution < 1.29 is 14.6 Å². The van der Waals surface area contributed by atoms with Gasteiger partial charge in [0.2, 0.25) is 0 Å². The highest BCUT2D eigenvalue weighted by molar-refractivity contribution is 6.02. The fraction of sp³-hybridized carbons (Fsp3) is 0.316. The van der Waals surface area contributed by atoms with Gasteiger partial charge in [0.05, 0.1) is 12.2 Å². The smallest absolute Gasteiger partial charge is 0.258 e. The Hall–Kier alpha value is -2.69. The van der Waals surface area contributed by atoms with Crippen LogP contribution in [0.25, 0.3) is 0 Å². The van der Waals surface area contributed by atoms with Crippen molar-refractivity contribution in [2.24, 2.45) is 0 Å². The minimum absolute atomic E-state index is 0.0121. The molecule has 1 fully saturated rings. The number of aromatic hydroxyl groups is 1. The van der Waals surface area contributed by atoms with Gasteiger partial charge in [-0.1, -0.05) is 12.1 Å². The average Bonchev–Trinajstić information content (AvgIpc) is 3.41. The fourth-order valence-corrected chi connectivity index (χ4v) is 3.23.